The lowest BCUT2D eigenvalue weighted by Crippen LogP contribution is -2.45. The van der Waals surface area contributed by atoms with Crippen LogP contribution in [0.15, 0.2) is 42.7 Å². The summed E-state index contributed by atoms with van der Waals surface area (Å²) >= 11 is 0. The molecule has 0 unspecified atom stereocenters. The molecule has 1 fully saturated rings. The number of amides is 1. The minimum Gasteiger partial charge on any atom is -0.342 e. The highest BCUT2D eigenvalue weighted by Crippen LogP contribution is 2.16. The van der Waals surface area contributed by atoms with E-state index in [0.717, 1.165) is 43.7 Å². The molecule has 1 saturated heterocycles. The lowest BCUT2D eigenvalue weighted by Gasteiger charge is -2.36. The molecule has 24 heavy (non-hydrogen) atoms. The van der Waals surface area contributed by atoms with E-state index in [1.165, 1.54) is 0 Å². The Labute approximate surface area is 143 Å². The second kappa shape index (κ2) is 7.62. The summed E-state index contributed by atoms with van der Waals surface area (Å²) in [7, 11) is 1.94. The molecular formula is C19H26N4O. The summed E-state index contributed by atoms with van der Waals surface area (Å²) < 4.78 is 1.82. The van der Waals surface area contributed by atoms with Crippen molar-refractivity contribution in [2.24, 2.45) is 0 Å². The van der Waals surface area contributed by atoms with Crippen LogP contribution in [0.2, 0.25) is 0 Å². The van der Waals surface area contributed by atoms with E-state index in [9.17, 15) is 4.79 Å². The van der Waals surface area contributed by atoms with Crippen molar-refractivity contribution in [3.63, 3.8) is 0 Å². The Hall–Kier alpha value is -2.14. The molecule has 0 radical (unpaired) electrons. The molecule has 3 rings (SSSR count). The Morgan fingerprint density at radius 2 is 1.96 bits per heavy atom. The molecule has 2 heterocycles. The van der Waals surface area contributed by atoms with E-state index < -0.39 is 0 Å². The van der Waals surface area contributed by atoms with E-state index in [2.05, 4.69) is 16.9 Å². The highest BCUT2D eigenvalue weighted by molar-refractivity contribution is 5.78. The van der Waals surface area contributed by atoms with Crippen molar-refractivity contribution in [1.82, 2.24) is 19.6 Å². The Bertz CT molecular complexity index is 659. The summed E-state index contributed by atoms with van der Waals surface area (Å²) in [4.78, 5) is 17.0. The number of hydrogen-bond acceptors (Lipinski definition) is 3. The highest BCUT2D eigenvalue weighted by atomic mass is 16.2. The number of para-hydroxylation sites is 1. The van der Waals surface area contributed by atoms with Crippen LogP contribution in [0.1, 0.15) is 25.3 Å². The molecule has 1 amide bonds. The van der Waals surface area contributed by atoms with Gasteiger partial charge >= 0.3 is 0 Å². The molecule has 0 saturated carbocycles. The van der Waals surface area contributed by atoms with Gasteiger partial charge in [0.25, 0.3) is 0 Å². The lowest BCUT2D eigenvalue weighted by atomic mass is 10.0. The zero-order chi connectivity index (χ0) is 16.9. The molecule has 5 nitrogen and oxygen atoms in total. The lowest BCUT2D eigenvalue weighted by molar-refractivity contribution is -0.132. The minimum absolute atomic E-state index is 0.178. The second-order valence-corrected chi connectivity index (χ2v) is 6.48. The van der Waals surface area contributed by atoms with E-state index >= 15 is 0 Å². The fourth-order valence-corrected chi connectivity index (χ4v) is 3.30. The zero-order valence-electron chi connectivity index (χ0n) is 14.6. The molecule has 0 atom stereocenters. The van der Waals surface area contributed by atoms with Crippen LogP contribution >= 0.6 is 0 Å². The molecule has 5 heteroatoms. The molecule has 0 bridgehead atoms. The van der Waals surface area contributed by atoms with Gasteiger partial charge in [-0.1, -0.05) is 25.1 Å². The third-order valence-electron chi connectivity index (χ3n) is 4.96. The van der Waals surface area contributed by atoms with Gasteiger partial charge in [0.05, 0.1) is 18.3 Å². The number of likely N-dealkylation sites (tertiary alicyclic amines) is 1. The Morgan fingerprint density at radius 3 is 2.62 bits per heavy atom. The smallest absolute Gasteiger partial charge is 0.227 e. The molecule has 1 aromatic heterocycles. The maximum absolute atomic E-state index is 12.6. The van der Waals surface area contributed by atoms with Gasteiger partial charge in [0.15, 0.2) is 0 Å². The maximum Gasteiger partial charge on any atom is 0.227 e. The van der Waals surface area contributed by atoms with Crippen LogP contribution in [-0.2, 0) is 11.2 Å². The fourth-order valence-electron chi connectivity index (χ4n) is 3.30. The normalized spacial score (nSPS) is 16.2. The molecular weight excluding hydrogens is 300 g/mol. The molecule has 128 valence electrons. The summed E-state index contributed by atoms with van der Waals surface area (Å²) in [6.45, 7) is 5.47. The van der Waals surface area contributed by atoms with Crippen LogP contribution in [0.4, 0.5) is 0 Å². The number of piperidine rings is 1. The number of benzene rings is 1. The van der Waals surface area contributed by atoms with Gasteiger partial charge in [-0.15, -0.1) is 0 Å². The molecule has 1 aromatic carbocycles. The van der Waals surface area contributed by atoms with E-state index in [4.69, 9.17) is 0 Å². The first kappa shape index (κ1) is 16.7. The minimum atomic E-state index is 0.178. The van der Waals surface area contributed by atoms with E-state index in [1.807, 2.05) is 53.2 Å². The van der Waals surface area contributed by atoms with Gasteiger partial charge in [-0.3, -0.25) is 4.79 Å². The molecule has 1 aliphatic heterocycles. The molecule has 0 aliphatic carbocycles. The quantitative estimate of drug-likeness (QED) is 0.847. The van der Waals surface area contributed by atoms with Crippen molar-refractivity contribution in [2.45, 2.75) is 32.2 Å². The predicted molar refractivity (Wildman–Crippen MR) is 95.2 cm³/mol. The Morgan fingerprint density at radius 1 is 1.25 bits per heavy atom. The van der Waals surface area contributed by atoms with Crippen LogP contribution in [0.5, 0.6) is 0 Å². The van der Waals surface area contributed by atoms with Gasteiger partial charge in [-0.2, -0.15) is 5.10 Å². The average Bonchev–Trinajstić information content (AvgIpc) is 3.10. The summed E-state index contributed by atoms with van der Waals surface area (Å²) in [5.41, 5.74) is 1.97. The van der Waals surface area contributed by atoms with Gasteiger partial charge in [0, 0.05) is 32.4 Å². The topological polar surface area (TPSA) is 41.4 Å². The maximum atomic E-state index is 12.6. The Balaban J connectivity index is 1.58. The predicted octanol–water partition coefficient (Wildman–Crippen LogP) is 2.36. The van der Waals surface area contributed by atoms with Crippen molar-refractivity contribution < 1.29 is 4.79 Å². The zero-order valence-corrected chi connectivity index (χ0v) is 14.6. The summed E-state index contributed by atoms with van der Waals surface area (Å²) in [6, 6.07) is 10.3. The van der Waals surface area contributed by atoms with Gasteiger partial charge in [-0.05, 0) is 37.1 Å². The Kier molecular flexibility index (Phi) is 5.30. The fraction of sp³-hybridized carbons (Fsp3) is 0.474. The number of aromatic nitrogens is 2. The van der Waals surface area contributed by atoms with Crippen molar-refractivity contribution in [2.75, 3.05) is 26.7 Å². The van der Waals surface area contributed by atoms with Crippen LogP contribution in [-0.4, -0.2) is 58.2 Å². The number of hydrogen-bond donors (Lipinski definition) is 0. The first-order valence-electron chi connectivity index (χ1n) is 8.74. The van der Waals surface area contributed by atoms with Crippen LogP contribution < -0.4 is 0 Å². The van der Waals surface area contributed by atoms with E-state index in [1.54, 1.807) is 6.20 Å². The standard InChI is InChI=1S/C19H26N4O/c1-3-22-11-9-17(10-12-22)21(2)19(24)13-16-14-20-23(15-16)18-7-5-4-6-8-18/h4-8,14-15,17H,3,9-13H2,1-2H3. The average molecular weight is 326 g/mol. The molecule has 2 aromatic rings. The van der Waals surface area contributed by atoms with Crippen molar-refractivity contribution in [3.8, 4) is 5.69 Å². The van der Waals surface area contributed by atoms with Crippen LogP contribution in [0.25, 0.3) is 5.69 Å². The van der Waals surface area contributed by atoms with Crippen LogP contribution in [0, 0.1) is 0 Å². The first-order chi connectivity index (χ1) is 11.7. The SMILES string of the molecule is CCN1CCC(N(C)C(=O)Cc2cnn(-c3ccccc3)c2)CC1. The highest BCUT2D eigenvalue weighted by Gasteiger charge is 2.24. The van der Waals surface area contributed by atoms with Gasteiger partial charge in [0.2, 0.25) is 5.91 Å². The van der Waals surface area contributed by atoms with Crippen LogP contribution in [0.3, 0.4) is 0 Å². The summed E-state index contributed by atoms with van der Waals surface area (Å²) in [5, 5.41) is 4.37. The number of nitrogens with zero attached hydrogens (tertiary/aromatic N) is 4. The van der Waals surface area contributed by atoms with Gasteiger partial charge < -0.3 is 9.80 Å². The van der Waals surface area contributed by atoms with Crippen molar-refractivity contribution >= 4 is 5.91 Å². The molecule has 1 aliphatic rings. The number of rotatable bonds is 5. The first-order valence-corrected chi connectivity index (χ1v) is 8.74. The summed E-state index contributed by atoms with van der Waals surface area (Å²) in [6.07, 6.45) is 6.29. The van der Waals surface area contributed by atoms with Gasteiger partial charge in [0.1, 0.15) is 0 Å². The van der Waals surface area contributed by atoms with Gasteiger partial charge in [-0.25, -0.2) is 4.68 Å². The second-order valence-electron chi connectivity index (χ2n) is 6.48. The van der Waals surface area contributed by atoms with E-state index in [0.29, 0.717) is 12.5 Å². The number of carbonyl (C=O) groups excluding carboxylic acids is 1. The number of carbonyl (C=O) groups is 1. The molecule has 0 spiro atoms. The number of likely N-dealkylation sites (N-methyl/N-ethyl adjacent to an activating group) is 1. The van der Waals surface area contributed by atoms with E-state index in [-0.39, 0.29) is 5.91 Å². The molecule has 0 N–H and O–H groups in total. The largest absolute Gasteiger partial charge is 0.342 e. The monoisotopic (exact) mass is 326 g/mol. The third kappa shape index (κ3) is 3.85. The van der Waals surface area contributed by atoms with Crippen molar-refractivity contribution in [3.05, 3.63) is 48.3 Å². The summed E-state index contributed by atoms with van der Waals surface area (Å²) in [5.74, 6) is 0.178. The van der Waals surface area contributed by atoms with Crippen molar-refractivity contribution in [1.29, 1.82) is 0 Å². The third-order valence-corrected chi connectivity index (χ3v) is 4.96.